The first-order chi connectivity index (χ1) is 26.9. The Morgan fingerprint density at radius 1 is 0.789 bits per heavy atom. The number of thiazole rings is 1. The molecule has 1 amide bonds. The molecule has 0 aliphatic carbocycles. The summed E-state index contributed by atoms with van der Waals surface area (Å²) in [5.41, 5.74) is -2.52. The lowest BCUT2D eigenvalue weighted by Crippen LogP contribution is -2.15. The molecule has 5 aromatic rings. The van der Waals surface area contributed by atoms with Crippen LogP contribution in [0.15, 0.2) is 76.5 Å². The van der Waals surface area contributed by atoms with Crippen molar-refractivity contribution >= 4 is 82.6 Å². The van der Waals surface area contributed by atoms with Crippen molar-refractivity contribution in [2.75, 3.05) is 40.9 Å². The van der Waals surface area contributed by atoms with Crippen molar-refractivity contribution in [2.45, 2.75) is 23.6 Å². The predicted molar refractivity (Wildman–Crippen MR) is 203 cm³/mol. The summed E-state index contributed by atoms with van der Waals surface area (Å²) in [6, 6.07) is 11.9. The number of nitro benzene ring substituents is 2. The van der Waals surface area contributed by atoms with Gasteiger partial charge < -0.3 is 24.8 Å². The van der Waals surface area contributed by atoms with E-state index in [0.29, 0.717) is 0 Å². The van der Waals surface area contributed by atoms with E-state index in [1.165, 1.54) is 51.5 Å². The van der Waals surface area contributed by atoms with Crippen molar-refractivity contribution < 1.29 is 50.5 Å². The molecule has 0 saturated carbocycles. The summed E-state index contributed by atoms with van der Waals surface area (Å²) in [7, 11) is -5.89. The molecule has 0 fully saturated rings. The predicted octanol–water partition coefficient (Wildman–Crippen LogP) is 4.85. The number of nitrogens with one attached hydrogen (secondary N) is 4. The van der Waals surface area contributed by atoms with E-state index in [1.807, 2.05) is 0 Å². The molecule has 0 atom stereocenters. The first-order valence-electron chi connectivity index (χ1n) is 15.9. The van der Waals surface area contributed by atoms with Gasteiger partial charge in [-0.3, -0.25) is 34.5 Å². The molecule has 0 unspecified atom stereocenters. The zero-order valence-electron chi connectivity index (χ0n) is 29.8. The van der Waals surface area contributed by atoms with Crippen LogP contribution in [0.2, 0.25) is 0 Å². The zero-order valence-corrected chi connectivity index (χ0v) is 32.3. The molecule has 0 saturated heterocycles. The molecule has 25 heteroatoms. The first-order valence-corrected chi connectivity index (χ1v) is 19.7. The van der Waals surface area contributed by atoms with E-state index in [-0.39, 0.29) is 61.2 Å². The Kier molecular flexibility index (Phi) is 12.1. The van der Waals surface area contributed by atoms with Gasteiger partial charge in [-0.15, -0.1) is 0 Å². The van der Waals surface area contributed by atoms with Gasteiger partial charge in [0.05, 0.1) is 51.7 Å². The number of carbonyl (C=O) groups excluding carboxylic acids is 2. The van der Waals surface area contributed by atoms with Gasteiger partial charge in [-0.2, -0.15) is 9.97 Å². The number of methoxy groups -OCH3 is 2. The number of aromatic nitrogens is 3. The molecule has 2 heterocycles. The number of ether oxygens (including phenoxy) is 3. The normalized spacial score (nSPS) is 11.2. The van der Waals surface area contributed by atoms with Gasteiger partial charge in [0.15, 0.2) is 16.6 Å². The van der Waals surface area contributed by atoms with Gasteiger partial charge in [-0.1, -0.05) is 11.3 Å². The fraction of sp³-hybridized carbons (Fsp3) is 0.156. The Bertz CT molecular complexity index is 2540. The summed E-state index contributed by atoms with van der Waals surface area (Å²) in [6.07, 6.45) is 0. The fourth-order valence-corrected chi connectivity index (χ4v) is 7.88. The van der Waals surface area contributed by atoms with Crippen LogP contribution < -0.4 is 29.6 Å². The molecule has 0 radical (unpaired) electrons. The maximum absolute atomic E-state index is 13.2. The van der Waals surface area contributed by atoms with E-state index < -0.39 is 64.4 Å². The third-order valence-electron chi connectivity index (χ3n) is 7.40. The number of aryl methyl sites for hydroxylation is 1. The van der Waals surface area contributed by atoms with Gasteiger partial charge in [0.25, 0.3) is 26.0 Å². The molecule has 0 aliphatic heterocycles. The Balaban J connectivity index is 1.33. The summed E-state index contributed by atoms with van der Waals surface area (Å²) in [5, 5.41) is 29.1. The highest BCUT2D eigenvalue weighted by molar-refractivity contribution is 7.93. The summed E-state index contributed by atoms with van der Waals surface area (Å²) in [5.74, 6) is -1.83. The fourth-order valence-electron chi connectivity index (χ4n) is 4.79. The minimum absolute atomic E-state index is 0.0108. The minimum Gasteiger partial charge on any atom is -0.481 e. The molecule has 0 bridgehead atoms. The Morgan fingerprint density at radius 2 is 1.35 bits per heavy atom. The third-order valence-corrected chi connectivity index (χ3v) is 11.3. The number of hydrogen-bond acceptors (Lipinski definition) is 18. The minimum atomic E-state index is -4.25. The molecule has 22 nitrogen and oxygen atoms in total. The second kappa shape index (κ2) is 16.8. The monoisotopic (exact) mass is 843 g/mol. The van der Waals surface area contributed by atoms with E-state index in [2.05, 4.69) is 35.0 Å². The number of hydrogen-bond donors (Lipinski definition) is 4. The van der Waals surface area contributed by atoms with Gasteiger partial charge in [-0.25, -0.2) is 26.6 Å². The number of benzene rings is 3. The van der Waals surface area contributed by atoms with Crippen LogP contribution in [0.3, 0.4) is 0 Å². The molecule has 2 aromatic heterocycles. The van der Waals surface area contributed by atoms with Crippen LogP contribution in [-0.4, -0.2) is 74.3 Å². The number of esters is 1. The number of amides is 1. The average molecular weight is 844 g/mol. The molecular formula is C32H29N9O13S3. The largest absolute Gasteiger partial charge is 0.481 e. The Hall–Kier alpha value is -6.99. The summed E-state index contributed by atoms with van der Waals surface area (Å²) in [6.45, 7) is 3.25. The molecular weight excluding hydrogens is 815 g/mol. The summed E-state index contributed by atoms with van der Waals surface area (Å²) in [4.78, 5) is 59.1. The Labute approximate surface area is 326 Å². The highest BCUT2D eigenvalue weighted by Crippen LogP contribution is 2.38. The van der Waals surface area contributed by atoms with Crippen molar-refractivity contribution in [3.05, 3.63) is 103 Å². The van der Waals surface area contributed by atoms with Crippen LogP contribution in [0.25, 0.3) is 0 Å². The quantitative estimate of drug-likeness (QED) is 0.0586. The van der Waals surface area contributed by atoms with Crippen LogP contribution in [0.1, 0.15) is 32.6 Å². The molecule has 5 rings (SSSR count). The number of carbonyl (C=O) groups is 2. The van der Waals surface area contributed by atoms with Gasteiger partial charge in [0.2, 0.25) is 5.88 Å². The lowest BCUT2D eigenvalue weighted by atomic mass is 10.1. The zero-order chi connectivity index (χ0) is 41.7. The van der Waals surface area contributed by atoms with E-state index in [1.54, 1.807) is 6.92 Å². The van der Waals surface area contributed by atoms with Crippen LogP contribution in [0.5, 0.6) is 11.9 Å². The highest BCUT2D eigenvalue weighted by atomic mass is 32.2. The third kappa shape index (κ3) is 9.64. The van der Waals surface area contributed by atoms with Crippen LogP contribution >= 0.6 is 11.3 Å². The summed E-state index contributed by atoms with van der Waals surface area (Å²) < 4.78 is 71.4. The number of nitro groups is 2. The van der Waals surface area contributed by atoms with Gasteiger partial charge in [0, 0.05) is 29.6 Å². The van der Waals surface area contributed by atoms with E-state index >= 15 is 0 Å². The number of nitrogens with zero attached hydrogens (tertiary/aromatic N) is 5. The topological polar surface area (TPSA) is 303 Å². The molecule has 0 aliphatic rings. The standard InChI is InChI=1S/C32H29N9O13S3/c1-5-54-30(43)28-17(2)33-32(55-28)39-57(50,51)22-12-8-20(9-13-22)35-29(42)18-14-23(40(44)45)27(24(15-18)41(46)47)34-19-6-10-21(11-7-19)56(48,49)38-25-16-26(52-3)37-31(36-25)53-4/h6-16,34H,5H2,1-4H3,(H,33,39)(H,35,42)(H,36,37,38). The molecule has 3 aromatic carbocycles. The van der Waals surface area contributed by atoms with Gasteiger partial charge in [0.1, 0.15) is 4.88 Å². The number of rotatable bonds is 16. The summed E-state index contributed by atoms with van der Waals surface area (Å²) >= 11 is 0.781. The molecule has 57 heavy (non-hydrogen) atoms. The maximum atomic E-state index is 13.2. The van der Waals surface area contributed by atoms with E-state index in [9.17, 15) is 46.7 Å². The lowest BCUT2D eigenvalue weighted by molar-refractivity contribution is -0.392. The van der Waals surface area contributed by atoms with Crippen LogP contribution in [0, 0.1) is 27.2 Å². The van der Waals surface area contributed by atoms with Gasteiger partial charge >= 0.3 is 23.4 Å². The second-order valence-electron chi connectivity index (χ2n) is 11.2. The Morgan fingerprint density at radius 3 is 1.88 bits per heavy atom. The number of sulfonamides is 2. The van der Waals surface area contributed by atoms with Crippen LogP contribution in [0.4, 0.5) is 39.4 Å². The smallest absolute Gasteiger partial charge is 0.350 e. The van der Waals surface area contributed by atoms with Crippen molar-refractivity contribution in [1.29, 1.82) is 0 Å². The molecule has 298 valence electrons. The maximum Gasteiger partial charge on any atom is 0.350 e. The van der Waals surface area contributed by atoms with Gasteiger partial charge in [-0.05, 0) is 62.4 Å². The van der Waals surface area contributed by atoms with E-state index in [0.717, 1.165) is 47.7 Å². The number of anilines is 5. The highest BCUT2D eigenvalue weighted by Gasteiger charge is 2.30. The van der Waals surface area contributed by atoms with Crippen molar-refractivity contribution in [2.24, 2.45) is 0 Å². The molecule has 4 N–H and O–H groups in total. The second-order valence-corrected chi connectivity index (χ2v) is 15.5. The van der Waals surface area contributed by atoms with E-state index in [4.69, 9.17) is 14.2 Å². The molecule has 0 spiro atoms. The van der Waals surface area contributed by atoms with Crippen molar-refractivity contribution in [1.82, 2.24) is 15.0 Å². The SMILES string of the molecule is CCOC(=O)c1sc(NS(=O)(=O)c2ccc(NC(=O)c3cc([N+](=O)[O-])c(Nc4ccc(S(=O)(=O)Nc5cc(OC)nc(OC)n5)cc4)c([N+](=O)[O-])c3)cc2)nc1C. The van der Waals surface area contributed by atoms with Crippen molar-refractivity contribution in [3.63, 3.8) is 0 Å². The van der Waals surface area contributed by atoms with Crippen molar-refractivity contribution in [3.8, 4) is 11.9 Å². The average Bonchev–Trinajstić information content (AvgIpc) is 3.53. The lowest BCUT2D eigenvalue weighted by Gasteiger charge is -2.12. The van der Waals surface area contributed by atoms with Crippen LogP contribution in [-0.2, 0) is 24.8 Å². The first kappa shape index (κ1) is 41.2.